The molecule has 4 atom stereocenters. The van der Waals surface area contributed by atoms with Crippen molar-refractivity contribution in [2.45, 2.75) is 44.4 Å². The third-order valence-corrected chi connectivity index (χ3v) is 4.73. The number of primary amides is 1. The molecule has 3 N–H and O–H groups in total. The number of allylic oxidation sites excluding steroid dienone is 3. The van der Waals surface area contributed by atoms with Crippen molar-refractivity contribution in [3.8, 4) is 0 Å². The molecular weight excluding hydrogens is 334 g/mol. The Morgan fingerprint density at radius 2 is 2.12 bits per heavy atom. The van der Waals surface area contributed by atoms with E-state index in [1.165, 1.54) is 7.11 Å². The Kier molecular flexibility index (Phi) is 8.78. The Bertz CT molecular complexity index is 573. The largest absolute Gasteiger partial charge is 0.378 e. The van der Waals surface area contributed by atoms with Crippen LogP contribution in [0.25, 0.3) is 0 Å². The lowest BCUT2D eigenvalue weighted by Crippen LogP contribution is -2.51. The Labute approximate surface area is 154 Å². The van der Waals surface area contributed by atoms with Gasteiger partial charge in [0.1, 0.15) is 6.04 Å². The highest BCUT2D eigenvalue weighted by Gasteiger charge is 2.37. The lowest BCUT2D eigenvalue weighted by molar-refractivity contribution is -0.136. The minimum Gasteiger partial charge on any atom is -0.378 e. The molecule has 0 aromatic carbocycles. The summed E-state index contributed by atoms with van der Waals surface area (Å²) in [5.74, 6) is -1.53. The first-order valence-electron chi connectivity index (χ1n) is 8.67. The zero-order chi connectivity index (χ0) is 19.7. The number of methoxy groups -OCH3 is 1. The van der Waals surface area contributed by atoms with Crippen molar-refractivity contribution in [3.63, 3.8) is 0 Å². The summed E-state index contributed by atoms with van der Waals surface area (Å²) in [6.45, 7) is 9.66. The second kappa shape index (κ2) is 10.6. The summed E-state index contributed by atoms with van der Waals surface area (Å²) < 4.78 is 5.51. The topological polar surface area (TPSA) is 102 Å². The second-order valence-corrected chi connectivity index (χ2v) is 6.39. The minimum absolute atomic E-state index is 0.158. The number of nitrogens with zero attached hydrogens (tertiary/aromatic N) is 1. The molecule has 0 aromatic rings. The van der Waals surface area contributed by atoms with Crippen LogP contribution in [0.15, 0.2) is 37.0 Å². The summed E-state index contributed by atoms with van der Waals surface area (Å²) >= 11 is 0. The fourth-order valence-electron chi connectivity index (χ4n) is 3.27. The molecule has 7 heteroatoms. The van der Waals surface area contributed by atoms with Crippen LogP contribution < -0.4 is 11.1 Å². The van der Waals surface area contributed by atoms with Gasteiger partial charge in [-0.15, -0.1) is 0 Å². The van der Waals surface area contributed by atoms with Crippen LogP contribution in [0.3, 0.4) is 0 Å². The predicted octanol–water partition coefficient (Wildman–Crippen LogP) is 0.917. The maximum Gasteiger partial charge on any atom is 0.240 e. The predicted molar refractivity (Wildman–Crippen MR) is 100.0 cm³/mol. The minimum atomic E-state index is -0.864. The molecule has 144 valence electrons. The average Bonchev–Trinajstić information content (AvgIpc) is 3.09. The monoisotopic (exact) mass is 363 g/mol. The number of nitrogens with two attached hydrogens (primary N) is 1. The zero-order valence-electron chi connectivity index (χ0n) is 15.5. The van der Waals surface area contributed by atoms with Gasteiger partial charge >= 0.3 is 0 Å². The van der Waals surface area contributed by atoms with Crippen LogP contribution in [0.1, 0.15) is 26.2 Å². The highest BCUT2D eigenvalue weighted by atomic mass is 16.5. The molecule has 1 fully saturated rings. The number of likely N-dealkylation sites (tertiary alicyclic amines) is 1. The third-order valence-electron chi connectivity index (χ3n) is 4.73. The lowest BCUT2D eigenvalue weighted by Gasteiger charge is -2.32. The molecule has 1 aliphatic rings. The molecule has 0 saturated carbocycles. The van der Waals surface area contributed by atoms with Gasteiger partial charge in [0.2, 0.25) is 18.2 Å². The summed E-state index contributed by atoms with van der Waals surface area (Å²) in [4.78, 5) is 37.3. The smallest absolute Gasteiger partial charge is 0.240 e. The standard InChI is InChI=1S/C19H29N3O4/c1-5-8-14(6-2)11-15(18(20)24)21-19(25)13(3)17(26-4)16-9-7-10-22(16)12-23/h5-6,8,12-13,15-17H,1-2,7,9-11H2,3-4H3,(H2,20,24)(H,21,25)/b14-8+. The number of carbonyl (C=O) groups excluding carboxylic acids is 3. The molecule has 0 aromatic heterocycles. The fourth-order valence-corrected chi connectivity index (χ4v) is 3.27. The van der Waals surface area contributed by atoms with Crippen molar-refractivity contribution < 1.29 is 19.1 Å². The Hall–Kier alpha value is -2.41. The van der Waals surface area contributed by atoms with Crippen LogP contribution in [0.5, 0.6) is 0 Å². The first kappa shape index (κ1) is 21.6. The van der Waals surface area contributed by atoms with Crippen LogP contribution in [-0.2, 0) is 19.1 Å². The van der Waals surface area contributed by atoms with E-state index in [2.05, 4.69) is 18.5 Å². The molecule has 1 heterocycles. The highest BCUT2D eigenvalue weighted by molar-refractivity contribution is 5.88. The van der Waals surface area contributed by atoms with Gasteiger partial charge in [-0.2, -0.15) is 0 Å². The summed E-state index contributed by atoms with van der Waals surface area (Å²) in [5, 5.41) is 2.69. The molecule has 26 heavy (non-hydrogen) atoms. The summed E-state index contributed by atoms with van der Waals surface area (Å²) in [6.07, 6.45) is 7.07. The maximum absolute atomic E-state index is 12.7. The molecule has 1 rings (SSSR count). The van der Waals surface area contributed by atoms with E-state index < -0.39 is 24.0 Å². The molecule has 4 unspecified atom stereocenters. The lowest BCUT2D eigenvalue weighted by atomic mass is 9.94. The van der Waals surface area contributed by atoms with Crippen molar-refractivity contribution in [3.05, 3.63) is 37.0 Å². The van der Waals surface area contributed by atoms with Gasteiger partial charge in [-0.05, 0) is 18.4 Å². The van der Waals surface area contributed by atoms with E-state index in [-0.39, 0.29) is 18.4 Å². The Morgan fingerprint density at radius 3 is 2.62 bits per heavy atom. The van der Waals surface area contributed by atoms with E-state index in [1.807, 2.05) is 0 Å². The molecular formula is C19H29N3O4. The van der Waals surface area contributed by atoms with Gasteiger partial charge in [-0.1, -0.05) is 38.3 Å². The average molecular weight is 363 g/mol. The van der Waals surface area contributed by atoms with E-state index in [0.717, 1.165) is 24.8 Å². The van der Waals surface area contributed by atoms with Gasteiger partial charge in [0, 0.05) is 20.1 Å². The zero-order valence-corrected chi connectivity index (χ0v) is 15.5. The summed E-state index contributed by atoms with van der Waals surface area (Å²) in [5.41, 5.74) is 6.17. The van der Waals surface area contributed by atoms with Crippen LogP contribution in [0.4, 0.5) is 0 Å². The summed E-state index contributed by atoms with van der Waals surface area (Å²) in [7, 11) is 1.52. The number of hydrogen-bond acceptors (Lipinski definition) is 4. The van der Waals surface area contributed by atoms with Crippen LogP contribution >= 0.6 is 0 Å². The van der Waals surface area contributed by atoms with Gasteiger partial charge in [-0.3, -0.25) is 14.4 Å². The van der Waals surface area contributed by atoms with Crippen molar-refractivity contribution in [1.29, 1.82) is 0 Å². The number of hydrogen-bond donors (Lipinski definition) is 2. The summed E-state index contributed by atoms with van der Waals surface area (Å²) in [6, 6.07) is -1.02. The molecule has 0 bridgehead atoms. The maximum atomic E-state index is 12.7. The van der Waals surface area contributed by atoms with E-state index in [4.69, 9.17) is 10.5 Å². The van der Waals surface area contributed by atoms with Gasteiger partial charge in [-0.25, -0.2) is 0 Å². The van der Waals surface area contributed by atoms with Gasteiger partial charge < -0.3 is 20.7 Å². The van der Waals surface area contributed by atoms with Gasteiger partial charge in [0.15, 0.2) is 0 Å². The number of nitrogens with one attached hydrogen (secondary N) is 1. The fraction of sp³-hybridized carbons (Fsp3) is 0.526. The van der Waals surface area contributed by atoms with Crippen molar-refractivity contribution in [1.82, 2.24) is 10.2 Å². The third kappa shape index (κ3) is 5.56. The number of amides is 3. The molecule has 0 aliphatic carbocycles. The Balaban J connectivity index is 2.85. The van der Waals surface area contributed by atoms with E-state index in [0.29, 0.717) is 6.54 Å². The first-order valence-corrected chi connectivity index (χ1v) is 8.67. The first-order chi connectivity index (χ1) is 12.4. The second-order valence-electron chi connectivity index (χ2n) is 6.39. The molecule has 1 saturated heterocycles. The SMILES string of the molecule is C=C/C=C(\C=C)CC(NC(=O)C(C)C(OC)C1CCCN1C=O)C(N)=O. The Morgan fingerprint density at radius 1 is 1.42 bits per heavy atom. The normalized spacial score (nSPS) is 20.8. The highest BCUT2D eigenvalue weighted by Crippen LogP contribution is 2.25. The van der Waals surface area contributed by atoms with Crippen LogP contribution in [0, 0.1) is 5.92 Å². The van der Waals surface area contributed by atoms with Crippen molar-refractivity contribution in [2.24, 2.45) is 11.7 Å². The molecule has 0 spiro atoms. The van der Waals surface area contributed by atoms with E-state index in [1.54, 1.807) is 30.1 Å². The number of carbonyl (C=O) groups is 3. The van der Waals surface area contributed by atoms with E-state index in [9.17, 15) is 14.4 Å². The quantitative estimate of drug-likeness (QED) is 0.421. The van der Waals surface area contributed by atoms with Crippen LogP contribution in [0.2, 0.25) is 0 Å². The number of rotatable bonds is 11. The molecule has 7 nitrogen and oxygen atoms in total. The molecule has 1 aliphatic heterocycles. The van der Waals surface area contributed by atoms with Crippen molar-refractivity contribution in [2.75, 3.05) is 13.7 Å². The molecule has 0 radical (unpaired) electrons. The van der Waals surface area contributed by atoms with E-state index >= 15 is 0 Å². The number of ether oxygens (including phenoxy) is 1. The van der Waals surface area contributed by atoms with Crippen LogP contribution in [-0.4, -0.2) is 55.0 Å². The van der Waals surface area contributed by atoms with Gasteiger partial charge in [0.25, 0.3) is 0 Å². The van der Waals surface area contributed by atoms with Gasteiger partial charge in [0.05, 0.1) is 18.1 Å². The molecule has 3 amide bonds. The van der Waals surface area contributed by atoms with Crippen molar-refractivity contribution >= 4 is 18.2 Å².